The molecule has 3 rings (SSSR count). The first-order chi connectivity index (χ1) is 9.31. The second-order valence-electron chi connectivity index (χ2n) is 5.40. The van der Waals surface area contributed by atoms with E-state index in [1.165, 1.54) is 12.8 Å². The minimum atomic E-state index is 0.131. The molecule has 0 spiro atoms. The minimum Gasteiger partial charge on any atom is -0.391 e. The SMILES string of the molecule is CCOC1CCCN(c2nc(C3CC3)c(CO)s2)C1. The number of ether oxygens (including phenoxy) is 1. The molecule has 4 nitrogen and oxygen atoms in total. The van der Waals surface area contributed by atoms with Gasteiger partial charge in [-0.15, -0.1) is 0 Å². The van der Waals surface area contributed by atoms with Crippen LogP contribution in [0, 0.1) is 0 Å². The van der Waals surface area contributed by atoms with Crippen LogP contribution in [-0.4, -0.2) is 35.9 Å². The lowest BCUT2D eigenvalue weighted by Crippen LogP contribution is -2.39. The maximum atomic E-state index is 9.47. The highest BCUT2D eigenvalue weighted by Crippen LogP contribution is 2.44. The number of rotatable bonds is 5. The van der Waals surface area contributed by atoms with Crippen LogP contribution in [0.1, 0.15) is 49.1 Å². The van der Waals surface area contributed by atoms with Crippen molar-refractivity contribution < 1.29 is 9.84 Å². The molecule has 1 aliphatic carbocycles. The highest BCUT2D eigenvalue weighted by molar-refractivity contribution is 7.15. The number of aliphatic hydroxyl groups excluding tert-OH is 1. The van der Waals surface area contributed by atoms with Gasteiger partial charge >= 0.3 is 0 Å². The summed E-state index contributed by atoms with van der Waals surface area (Å²) in [6.07, 6.45) is 5.12. The average Bonchev–Trinajstić information content (AvgIpc) is 3.18. The van der Waals surface area contributed by atoms with Crippen LogP contribution in [0.15, 0.2) is 0 Å². The lowest BCUT2D eigenvalue weighted by Gasteiger charge is -2.32. The molecule has 2 heterocycles. The van der Waals surface area contributed by atoms with Gasteiger partial charge in [-0.2, -0.15) is 0 Å². The fraction of sp³-hybridized carbons (Fsp3) is 0.786. The van der Waals surface area contributed by atoms with Gasteiger partial charge in [0.1, 0.15) is 0 Å². The Morgan fingerprint density at radius 1 is 1.42 bits per heavy atom. The molecule has 5 heteroatoms. The summed E-state index contributed by atoms with van der Waals surface area (Å²) in [6.45, 7) is 4.97. The van der Waals surface area contributed by atoms with Crippen molar-refractivity contribution in [2.45, 2.75) is 51.2 Å². The Hall–Kier alpha value is -0.650. The van der Waals surface area contributed by atoms with Gasteiger partial charge in [0, 0.05) is 25.6 Å². The number of nitrogens with zero attached hydrogens (tertiary/aromatic N) is 2. The predicted molar refractivity (Wildman–Crippen MR) is 76.9 cm³/mol. The second kappa shape index (κ2) is 5.77. The first kappa shape index (κ1) is 13.3. The maximum absolute atomic E-state index is 9.47. The number of aliphatic hydroxyl groups is 1. The van der Waals surface area contributed by atoms with Gasteiger partial charge in [-0.3, -0.25) is 0 Å². The number of anilines is 1. The van der Waals surface area contributed by atoms with Gasteiger partial charge in [0.15, 0.2) is 5.13 Å². The van der Waals surface area contributed by atoms with Gasteiger partial charge in [-0.05, 0) is 32.6 Å². The molecule has 1 aromatic heterocycles. The highest BCUT2D eigenvalue weighted by Gasteiger charge is 2.31. The molecule has 1 aliphatic heterocycles. The minimum absolute atomic E-state index is 0.131. The third-order valence-corrected chi connectivity index (χ3v) is 4.99. The van der Waals surface area contributed by atoms with Crippen LogP contribution < -0.4 is 4.90 Å². The van der Waals surface area contributed by atoms with Crippen LogP contribution in [-0.2, 0) is 11.3 Å². The van der Waals surface area contributed by atoms with Crippen molar-refractivity contribution in [3.8, 4) is 0 Å². The summed E-state index contributed by atoms with van der Waals surface area (Å²) >= 11 is 1.66. The first-order valence-electron chi connectivity index (χ1n) is 7.28. The van der Waals surface area contributed by atoms with Crippen molar-refractivity contribution in [3.05, 3.63) is 10.6 Å². The number of hydrogen-bond acceptors (Lipinski definition) is 5. The molecule has 1 N–H and O–H groups in total. The molecule has 1 aromatic rings. The van der Waals surface area contributed by atoms with E-state index in [0.29, 0.717) is 12.0 Å². The zero-order valence-corrected chi connectivity index (χ0v) is 12.3. The Morgan fingerprint density at radius 2 is 2.26 bits per heavy atom. The fourth-order valence-corrected chi connectivity index (χ4v) is 3.80. The molecule has 106 valence electrons. The number of piperidine rings is 1. The topological polar surface area (TPSA) is 45.6 Å². The summed E-state index contributed by atoms with van der Waals surface area (Å²) in [4.78, 5) is 8.19. The van der Waals surface area contributed by atoms with E-state index in [9.17, 15) is 5.11 Å². The van der Waals surface area contributed by atoms with Crippen LogP contribution in [0.25, 0.3) is 0 Å². The molecule has 1 unspecified atom stereocenters. The molecular formula is C14H22N2O2S. The van der Waals surface area contributed by atoms with Gasteiger partial charge in [0.05, 0.1) is 23.3 Å². The van der Waals surface area contributed by atoms with E-state index in [1.54, 1.807) is 11.3 Å². The lowest BCUT2D eigenvalue weighted by molar-refractivity contribution is 0.0526. The summed E-state index contributed by atoms with van der Waals surface area (Å²) in [5.41, 5.74) is 1.15. The van der Waals surface area contributed by atoms with E-state index in [2.05, 4.69) is 11.8 Å². The van der Waals surface area contributed by atoms with Crippen molar-refractivity contribution in [1.29, 1.82) is 0 Å². The maximum Gasteiger partial charge on any atom is 0.185 e. The van der Waals surface area contributed by atoms with Gasteiger partial charge in [0.2, 0.25) is 0 Å². The molecule has 0 aromatic carbocycles. The highest BCUT2D eigenvalue weighted by atomic mass is 32.1. The molecule has 1 saturated carbocycles. The summed E-state index contributed by atoms with van der Waals surface area (Å²) < 4.78 is 5.74. The molecule has 0 bridgehead atoms. The Bertz CT molecular complexity index is 429. The third-order valence-electron chi connectivity index (χ3n) is 3.87. The van der Waals surface area contributed by atoms with Crippen LogP contribution in [0.2, 0.25) is 0 Å². The monoisotopic (exact) mass is 282 g/mol. The summed E-state index contributed by atoms with van der Waals surface area (Å²) in [5.74, 6) is 0.611. The van der Waals surface area contributed by atoms with Crippen molar-refractivity contribution >= 4 is 16.5 Å². The molecule has 2 aliphatic rings. The van der Waals surface area contributed by atoms with Gasteiger partial charge < -0.3 is 14.7 Å². The quantitative estimate of drug-likeness (QED) is 0.901. The molecular weight excluding hydrogens is 260 g/mol. The number of thiazole rings is 1. The zero-order chi connectivity index (χ0) is 13.2. The van der Waals surface area contributed by atoms with E-state index >= 15 is 0 Å². The van der Waals surface area contributed by atoms with Crippen molar-refractivity contribution in [3.63, 3.8) is 0 Å². The summed E-state index contributed by atoms with van der Waals surface area (Å²) in [6, 6.07) is 0. The molecule has 2 fully saturated rings. The predicted octanol–water partition coefficient (Wildman–Crippen LogP) is 2.52. The van der Waals surface area contributed by atoms with E-state index in [4.69, 9.17) is 9.72 Å². The van der Waals surface area contributed by atoms with E-state index in [1.807, 2.05) is 0 Å². The molecule has 0 amide bonds. The molecule has 0 radical (unpaired) electrons. The molecule has 1 saturated heterocycles. The average molecular weight is 282 g/mol. The Kier molecular flexibility index (Phi) is 4.05. The van der Waals surface area contributed by atoms with Gasteiger partial charge in [-0.1, -0.05) is 11.3 Å². The third kappa shape index (κ3) is 2.93. The molecule has 1 atom stereocenters. The molecule has 19 heavy (non-hydrogen) atoms. The van der Waals surface area contributed by atoms with E-state index in [-0.39, 0.29) is 6.61 Å². The number of aromatic nitrogens is 1. The largest absolute Gasteiger partial charge is 0.391 e. The van der Waals surface area contributed by atoms with Crippen LogP contribution in [0.3, 0.4) is 0 Å². The van der Waals surface area contributed by atoms with Gasteiger partial charge in [0.25, 0.3) is 0 Å². The lowest BCUT2D eigenvalue weighted by atomic mass is 10.1. The van der Waals surface area contributed by atoms with Crippen molar-refractivity contribution in [2.75, 3.05) is 24.6 Å². The Morgan fingerprint density at radius 3 is 2.95 bits per heavy atom. The van der Waals surface area contributed by atoms with Crippen LogP contribution >= 0.6 is 11.3 Å². The fourth-order valence-electron chi connectivity index (χ4n) is 2.76. The van der Waals surface area contributed by atoms with E-state index < -0.39 is 0 Å². The number of hydrogen-bond donors (Lipinski definition) is 1. The summed E-state index contributed by atoms with van der Waals surface area (Å²) in [7, 11) is 0. The second-order valence-corrected chi connectivity index (χ2v) is 6.46. The smallest absolute Gasteiger partial charge is 0.185 e. The van der Waals surface area contributed by atoms with Crippen molar-refractivity contribution in [1.82, 2.24) is 4.98 Å². The first-order valence-corrected chi connectivity index (χ1v) is 8.10. The normalized spacial score (nSPS) is 23.9. The Labute approximate surface area is 118 Å². The Balaban J connectivity index is 1.73. The zero-order valence-electron chi connectivity index (χ0n) is 11.5. The van der Waals surface area contributed by atoms with E-state index in [0.717, 1.165) is 48.2 Å². The standard InChI is InChI=1S/C14H22N2O2S/c1-2-18-11-4-3-7-16(8-11)14-15-13(10-5-6-10)12(9-17)19-14/h10-11,17H,2-9H2,1H3. The summed E-state index contributed by atoms with van der Waals surface area (Å²) in [5, 5.41) is 10.5. The van der Waals surface area contributed by atoms with Crippen LogP contribution in [0.5, 0.6) is 0 Å². The van der Waals surface area contributed by atoms with Crippen LogP contribution in [0.4, 0.5) is 5.13 Å². The van der Waals surface area contributed by atoms with Crippen molar-refractivity contribution in [2.24, 2.45) is 0 Å². The van der Waals surface area contributed by atoms with Gasteiger partial charge in [-0.25, -0.2) is 4.98 Å².